The van der Waals surface area contributed by atoms with Gasteiger partial charge in [0, 0.05) is 30.0 Å². The van der Waals surface area contributed by atoms with E-state index in [9.17, 15) is 31.9 Å². The van der Waals surface area contributed by atoms with Crippen LogP contribution in [0.1, 0.15) is 72.6 Å². The number of halogens is 4. The zero-order valence-corrected chi connectivity index (χ0v) is 25.8. The van der Waals surface area contributed by atoms with Crippen LogP contribution in [0.15, 0.2) is 6.07 Å². The van der Waals surface area contributed by atoms with Crippen molar-refractivity contribution in [3.8, 4) is 5.75 Å². The van der Waals surface area contributed by atoms with Gasteiger partial charge in [-0.2, -0.15) is 20.5 Å². The number of benzene rings is 1. The number of unbranched alkanes of at least 4 members (excludes halogenated alkanes) is 1. The zero-order valence-electron chi connectivity index (χ0n) is 25.0. The van der Waals surface area contributed by atoms with Crippen molar-refractivity contribution in [1.82, 2.24) is 16.0 Å². The molecule has 2 saturated heterocycles. The van der Waals surface area contributed by atoms with Crippen molar-refractivity contribution in [3.63, 3.8) is 0 Å². The van der Waals surface area contributed by atoms with Gasteiger partial charge in [-0.05, 0) is 53.4 Å². The highest BCUT2D eigenvalue weighted by molar-refractivity contribution is 8.00. The average Bonchev–Trinajstić information content (AvgIpc) is 3.46. The first-order chi connectivity index (χ1) is 20.2. The quantitative estimate of drug-likeness (QED) is 0.0565. The van der Waals surface area contributed by atoms with E-state index in [0.717, 1.165) is 25.0 Å². The lowest BCUT2D eigenvalue weighted by molar-refractivity contribution is -0.138. The Kier molecular flexibility index (Phi) is 12.5. The molecule has 3 atom stereocenters. The molecule has 0 radical (unpaired) electrons. The molecule has 14 heteroatoms. The van der Waals surface area contributed by atoms with Crippen LogP contribution >= 0.6 is 11.8 Å². The number of esters is 1. The first-order valence-corrected chi connectivity index (χ1v) is 15.5. The molecule has 2 heterocycles. The fraction of sp³-hybridized carbons (Fsp3) is 0.690. The van der Waals surface area contributed by atoms with Gasteiger partial charge in [0.1, 0.15) is 0 Å². The highest BCUT2D eigenvalue weighted by atomic mass is 32.2. The van der Waals surface area contributed by atoms with Crippen molar-refractivity contribution in [2.45, 2.75) is 101 Å². The molecular formula is C29H41F4N3O6S. The Morgan fingerprint density at radius 2 is 1.60 bits per heavy atom. The minimum absolute atomic E-state index is 0.00958. The third kappa shape index (κ3) is 10.8. The SMILES string of the molecule is CC(C)(CCNC(=O)CCCCC1SCC2NC(=O)NC21)OCCC(C)(C)OCCC(=O)Oc1c(F)c(F)cc(F)c1F. The van der Waals surface area contributed by atoms with Crippen LogP contribution in [0.25, 0.3) is 0 Å². The molecule has 1 aromatic rings. The van der Waals surface area contributed by atoms with Gasteiger partial charge in [-0.1, -0.05) is 6.42 Å². The number of nitrogens with one attached hydrogen (secondary N) is 3. The number of carbonyl (C=O) groups is 3. The van der Waals surface area contributed by atoms with Crippen molar-refractivity contribution in [1.29, 1.82) is 0 Å². The van der Waals surface area contributed by atoms with Gasteiger partial charge in [-0.3, -0.25) is 9.59 Å². The third-order valence-corrected chi connectivity index (χ3v) is 8.92. The molecule has 0 aliphatic carbocycles. The molecular weight excluding hydrogens is 594 g/mol. The molecule has 3 unspecified atom stereocenters. The molecule has 43 heavy (non-hydrogen) atoms. The van der Waals surface area contributed by atoms with Gasteiger partial charge in [0.05, 0.1) is 42.9 Å². The normalized spacial score (nSPS) is 20.0. The van der Waals surface area contributed by atoms with Gasteiger partial charge < -0.3 is 30.2 Å². The number of thioether (sulfide) groups is 1. The fourth-order valence-electron chi connectivity index (χ4n) is 4.80. The molecule has 9 nitrogen and oxygen atoms in total. The smallest absolute Gasteiger partial charge is 0.315 e. The third-order valence-electron chi connectivity index (χ3n) is 7.41. The molecule has 2 fully saturated rings. The lowest BCUT2D eigenvalue weighted by Crippen LogP contribution is -2.36. The van der Waals surface area contributed by atoms with E-state index in [1.807, 2.05) is 25.6 Å². The minimum Gasteiger partial charge on any atom is -0.420 e. The second-order valence-corrected chi connectivity index (χ2v) is 13.2. The summed E-state index contributed by atoms with van der Waals surface area (Å²) in [5.74, 6) is -8.56. The number of urea groups is 1. The summed E-state index contributed by atoms with van der Waals surface area (Å²) in [6.07, 6.45) is 3.75. The Balaban J connectivity index is 1.24. The van der Waals surface area contributed by atoms with Crippen LogP contribution in [0.3, 0.4) is 0 Å². The van der Waals surface area contributed by atoms with Gasteiger partial charge in [0.15, 0.2) is 11.6 Å². The first kappa shape index (κ1) is 34.9. The number of carbonyl (C=O) groups excluding carboxylic acids is 3. The van der Waals surface area contributed by atoms with E-state index in [1.54, 1.807) is 13.8 Å². The van der Waals surface area contributed by atoms with Gasteiger partial charge in [-0.25, -0.2) is 13.6 Å². The second kappa shape index (κ2) is 15.4. The van der Waals surface area contributed by atoms with Crippen molar-refractivity contribution >= 4 is 29.7 Å². The summed E-state index contributed by atoms with van der Waals surface area (Å²) in [6.45, 7) is 8.02. The Morgan fingerprint density at radius 3 is 2.30 bits per heavy atom. The maximum atomic E-state index is 13.7. The van der Waals surface area contributed by atoms with Crippen LogP contribution in [0.4, 0.5) is 22.4 Å². The molecule has 242 valence electrons. The Labute approximate surface area is 253 Å². The summed E-state index contributed by atoms with van der Waals surface area (Å²) in [5, 5.41) is 9.23. The molecule has 3 amide bonds. The first-order valence-electron chi connectivity index (χ1n) is 14.4. The van der Waals surface area contributed by atoms with Crippen LogP contribution < -0.4 is 20.7 Å². The monoisotopic (exact) mass is 635 g/mol. The predicted octanol–water partition coefficient (Wildman–Crippen LogP) is 4.75. The fourth-order valence-corrected chi connectivity index (χ4v) is 6.34. The Bertz CT molecular complexity index is 1130. The van der Waals surface area contributed by atoms with Crippen LogP contribution in [0.5, 0.6) is 5.75 Å². The second-order valence-electron chi connectivity index (χ2n) is 12.0. The van der Waals surface area contributed by atoms with Gasteiger partial charge in [0.25, 0.3) is 0 Å². The molecule has 0 saturated carbocycles. The van der Waals surface area contributed by atoms with Crippen molar-refractivity contribution in [2.24, 2.45) is 0 Å². The van der Waals surface area contributed by atoms with E-state index < -0.39 is 52.6 Å². The van der Waals surface area contributed by atoms with Crippen molar-refractivity contribution < 1.29 is 46.2 Å². The predicted molar refractivity (Wildman–Crippen MR) is 153 cm³/mol. The number of fused-ring (bicyclic) bond motifs is 1. The molecule has 2 aliphatic heterocycles. The molecule has 2 aliphatic rings. The summed E-state index contributed by atoms with van der Waals surface area (Å²) in [5.41, 5.74) is -1.23. The molecule has 0 aromatic heterocycles. The largest absolute Gasteiger partial charge is 0.420 e. The lowest BCUT2D eigenvalue weighted by atomic mass is 10.0. The molecule has 3 rings (SSSR count). The molecule has 0 bridgehead atoms. The number of hydrogen-bond donors (Lipinski definition) is 3. The van der Waals surface area contributed by atoms with Crippen LogP contribution in [0, 0.1) is 23.3 Å². The zero-order chi connectivity index (χ0) is 31.8. The van der Waals surface area contributed by atoms with Crippen molar-refractivity contribution in [3.05, 3.63) is 29.3 Å². The highest BCUT2D eigenvalue weighted by Gasteiger charge is 2.42. The molecule has 3 N–H and O–H groups in total. The average molecular weight is 636 g/mol. The maximum Gasteiger partial charge on any atom is 0.315 e. The molecule has 1 aromatic carbocycles. The van der Waals surface area contributed by atoms with Gasteiger partial charge in [0.2, 0.25) is 23.3 Å². The number of rotatable bonds is 17. The Hall–Kier alpha value is -2.58. The van der Waals surface area contributed by atoms with Gasteiger partial charge >= 0.3 is 12.0 Å². The van der Waals surface area contributed by atoms with E-state index in [1.165, 1.54) is 0 Å². The summed E-state index contributed by atoms with van der Waals surface area (Å²) in [4.78, 5) is 35.7. The number of ether oxygens (including phenoxy) is 3. The lowest BCUT2D eigenvalue weighted by Gasteiger charge is -2.30. The van der Waals surface area contributed by atoms with E-state index in [-0.39, 0.29) is 36.7 Å². The summed E-state index contributed by atoms with van der Waals surface area (Å²) in [7, 11) is 0. The summed E-state index contributed by atoms with van der Waals surface area (Å²) >= 11 is 1.86. The van der Waals surface area contributed by atoms with Crippen LogP contribution in [-0.2, 0) is 19.1 Å². The van der Waals surface area contributed by atoms with Crippen LogP contribution in [0.2, 0.25) is 0 Å². The highest BCUT2D eigenvalue weighted by Crippen LogP contribution is 2.33. The maximum absolute atomic E-state index is 13.7. The van der Waals surface area contributed by atoms with Gasteiger partial charge in [-0.15, -0.1) is 0 Å². The minimum atomic E-state index is -1.79. The van der Waals surface area contributed by atoms with Crippen LogP contribution in [-0.4, -0.2) is 72.0 Å². The van der Waals surface area contributed by atoms with E-state index in [0.29, 0.717) is 37.7 Å². The van der Waals surface area contributed by atoms with E-state index >= 15 is 0 Å². The topological polar surface area (TPSA) is 115 Å². The summed E-state index contributed by atoms with van der Waals surface area (Å²) < 4.78 is 70.1. The molecule has 0 spiro atoms. The number of hydrogen-bond acceptors (Lipinski definition) is 7. The van der Waals surface area contributed by atoms with Crippen molar-refractivity contribution in [2.75, 3.05) is 25.5 Å². The standard InChI is InChI=1S/C29H41F4N3O6S/c1-28(2,10-12-34-21(37)8-6-5-7-20-25-19(16-43-20)35-27(39)36-25)41-14-11-29(3,4)40-13-9-22(38)42-26-23(32)17(30)15-18(31)24(26)33/h15,19-20,25H,5-14,16H2,1-4H3,(H,34,37)(H2,35,36,39). The number of amides is 3. The Morgan fingerprint density at radius 1 is 0.953 bits per heavy atom. The van der Waals surface area contributed by atoms with E-state index in [4.69, 9.17) is 9.47 Å². The summed E-state index contributed by atoms with van der Waals surface area (Å²) in [6, 6.07) is 0.311. The van der Waals surface area contributed by atoms with E-state index in [2.05, 4.69) is 20.7 Å².